The standard InChI is InChI=1S/C21H15ClN2O4S2/c22-13-7-5-12(6-8-13)11-24-15-4-2-1-3-14(15)17(19(24)27)18-20(28)23(21(29)30-18)10-9-16(25)26/h1-8H,9-11H2,(H,25,26)/b18-17-. The van der Waals surface area contributed by atoms with Crippen LogP contribution >= 0.6 is 35.6 Å². The molecule has 0 unspecified atom stereocenters. The number of thiocarbonyl (C=S) groups is 1. The Hall–Kier alpha value is -2.68. The number of halogens is 1. The number of nitrogens with zero attached hydrogens (tertiary/aromatic N) is 2. The van der Waals surface area contributed by atoms with E-state index >= 15 is 0 Å². The monoisotopic (exact) mass is 458 g/mol. The van der Waals surface area contributed by atoms with Gasteiger partial charge in [-0.15, -0.1) is 0 Å². The predicted octanol–water partition coefficient (Wildman–Crippen LogP) is 3.93. The number of carbonyl (C=O) groups is 3. The second kappa shape index (κ2) is 8.22. The summed E-state index contributed by atoms with van der Waals surface area (Å²) in [7, 11) is 0. The van der Waals surface area contributed by atoms with Crippen molar-refractivity contribution in [1.29, 1.82) is 0 Å². The molecule has 0 bridgehead atoms. The Bertz CT molecular complexity index is 1110. The van der Waals surface area contributed by atoms with Crippen LogP contribution in [0.5, 0.6) is 0 Å². The smallest absolute Gasteiger partial charge is 0.305 e. The number of aliphatic carboxylic acids is 1. The van der Waals surface area contributed by atoms with Crippen molar-refractivity contribution in [3.63, 3.8) is 0 Å². The number of thioether (sulfide) groups is 1. The normalized spacial score (nSPS) is 18.4. The summed E-state index contributed by atoms with van der Waals surface area (Å²) >= 11 is 12.3. The molecule has 1 saturated heterocycles. The summed E-state index contributed by atoms with van der Waals surface area (Å²) in [6.07, 6.45) is -0.220. The zero-order valence-electron chi connectivity index (χ0n) is 15.5. The third-order valence-electron chi connectivity index (χ3n) is 4.80. The molecule has 2 aliphatic heterocycles. The minimum absolute atomic E-state index is 0.0267. The van der Waals surface area contributed by atoms with Crippen LogP contribution in [0.2, 0.25) is 5.02 Å². The van der Waals surface area contributed by atoms with Crippen LogP contribution in [0.25, 0.3) is 5.57 Å². The molecule has 1 fully saturated rings. The number of carboxylic acids is 1. The minimum atomic E-state index is -1.02. The van der Waals surface area contributed by atoms with Crippen molar-refractivity contribution in [2.75, 3.05) is 11.4 Å². The van der Waals surface area contributed by atoms with Crippen LogP contribution in [0.4, 0.5) is 5.69 Å². The van der Waals surface area contributed by atoms with Gasteiger partial charge in [-0.1, -0.05) is 65.9 Å². The molecule has 6 nitrogen and oxygen atoms in total. The Morgan fingerprint density at radius 1 is 1.03 bits per heavy atom. The first-order valence-corrected chi connectivity index (χ1v) is 10.6. The average molecular weight is 459 g/mol. The first-order valence-electron chi connectivity index (χ1n) is 9.02. The fourth-order valence-electron chi connectivity index (χ4n) is 3.38. The van der Waals surface area contributed by atoms with E-state index in [1.807, 2.05) is 30.3 Å². The van der Waals surface area contributed by atoms with Gasteiger partial charge in [-0.2, -0.15) is 0 Å². The number of amides is 2. The summed E-state index contributed by atoms with van der Waals surface area (Å²) in [5, 5.41) is 9.53. The van der Waals surface area contributed by atoms with Crippen molar-refractivity contribution in [2.24, 2.45) is 0 Å². The molecule has 2 heterocycles. The first kappa shape index (κ1) is 20.6. The lowest BCUT2D eigenvalue weighted by Crippen LogP contribution is -2.31. The summed E-state index contributed by atoms with van der Waals surface area (Å²) in [5.74, 6) is -1.74. The van der Waals surface area contributed by atoms with Crippen molar-refractivity contribution in [2.45, 2.75) is 13.0 Å². The number of carbonyl (C=O) groups excluding carboxylic acids is 2. The number of hydrogen-bond acceptors (Lipinski definition) is 5. The van der Waals surface area contributed by atoms with Crippen molar-refractivity contribution >= 4 is 68.9 Å². The van der Waals surface area contributed by atoms with Crippen molar-refractivity contribution in [3.8, 4) is 0 Å². The van der Waals surface area contributed by atoms with Gasteiger partial charge in [0.25, 0.3) is 11.8 Å². The van der Waals surface area contributed by atoms with Crippen LogP contribution in [0.1, 0.15) is 17.5 Å². The molecule has 4 rings (SSSR count). The van der Waals surface area contributed by atoms with Gasteiger partial charge in [0.1, 0.15) is 4.32 Å². The summed E-state index contributed by atoms with van der Waals surface area (Å²) in [6, 6.07) is 14.5. The summed E-state index contributed by atoms with van der Waals surface area (Å²) in [5.41, 5.74) is 2.58. The topological polar surface area (TPSA) is 77.9 Å². The molecule has 2 aromatic rings. The molecule has 0 spiro atoms. The highest BCUT2D eigenvalue weighted by Gasteiger charge is 2.41. The highest BCUT2D eigenvalue weighted by Crippen LogP contribution is 2.45. The number of rotatable bonds is 5. The Balaban J connectivity index is 1.71. The van der Waals surface area contributed by atoms with E-state index in [4.69, 9.17) is 28.9 Å². The average Bonchev–Trinajstić information content (AvgIpc) is 3.15. The van der Waals surface area contributed by atoms with Gasteiger partial charge >= 0.3 is 5.97 Å². The second-order valence-corrected chi connectivity index (χ2v) is 8.79. The molecule has 2 aliphatic rings. The number of carboxylic acid groups (broad SMARTS) is 1. The fraction of sp³-hybridized carbons (Fsp3) is 0.143. The Morgan fingerprint density at radius 2 is 1.73 bits per heavy atom. The minimum Gasteiger partial charge on any atom is -0.481 e. The van der Waals surface area contributed by atoms with Gasteiger partial charge < -0.3 is 10.0 Å². The van der Waals surface area contributed by atoms with E-state index in [1.54, 1.807) is 23.1 Å². The highest BCUT2D eigenvalue weighted by molar-refractivity contribution is 8.26. The third-order valence-corrected chi connectivity index (χ3v) is 6.50. The van der Waals surface area contributed by atoms with Gasteiger partial charge in [-0.25, -0.2) is 0 Å². The van der Waals surface area contributed by atoms with Crippen LogP contribution in [-0.2, 0) is 20.9 Å². The number of hydrogen-bond donors (Lipinski definition) is 1. The maximum Gasteiger partial charge on any atom is 0.305 e. The molecule has 0 atom stereocenters. The molecule has 0 saturated carbocycles. The largest absolute Gasteiger partial charge is 0.481 e. The Morgan fingerprint density at radius 3 is 2.43 bits per heavy atom. The molecule has 152 valence electrons. The predicted molar refractivity (Wildman–Crippen MR) is 120 cm³/mol. The Labute approximate surface area is 187 Å². The zero-order chi connectivity index (χ0) is 21.4. The van der Waals surface area contributed by atoms with E-state index in [1.165, 1.54) is 4.90 Å². The quantitative estimate of drug-likeness (QED) is 0.540. The molecule has 9 heteroatoms. The fourth-order valence-corrected chi connectivity index (χ4v) is 4.88. The van der Waals surface area contributed by atoms with Crippen LogP contribution < -0.4 is 4.90 Å². The maximum atomic E-state index is 13.4. The van der Waals surface area contributed by atoms with Crippen LogP contribution in [0.15, 0.2) is 53.4 Å². The van der Waals surface area contributed by atoms with E-state index in [9.17, 15) is 14.4 Å². The SMILES string of the molecule is O=C(O)CCN1C(=O)/C(=C2/C(=O)N(Cc3ccc(Cl)cc3)c3ccccc32)SC1=S. The van der Waals surface area contributed by atoms with Gasteiger partial charge in [0.05, 0.1) is 29.1 Å². The van der Waals surface area contributed by atoms with E-state index in [0.717, 1.165) is 17.3 Å². The lowest BCUT2D eigenvalue weighted by molar-refractivity contribution is -0.137. The number of fused-ring (bicyclic) bond motifs is 1. The molecule has 30 heavy (non-hydrogen) atoms. The van der Waals surface area contributed by atoms with E-state index in [0.29, 0.717) is 28.4 Å². The van der Waals surface area contributed by atoms with E-state index in [-0.39, 0.29) is 28.1 Å². The van der Waals surface area contributed by atoms with Crippen LogP contribution in [0, 0.1) is 0 Å². The highest BCUT2D eigenvalue weighted by atomic mass is 35.5. The van der Waals surface area contributed by atoms with E-state index < -0.39 is 11.9 Å². The molecule has 0 aromatic heterocycles. The van der Waals surface area contributed by atoms with Crippen LogP contribution in [-0.4, -0.2) is 38.7 Å². The van der Waals surface area contributed by atoms with Gasteiger partial charge in [-0.3, -0.25) is 19.3 Å². The van der Waals surface area contributed by atoms with Crippen molar-refractivity contribution in [1.82, 2.24) is 4.90 Å². The number of anilines is 1. The summed E-state index contributed by atoms with van der Waals surface area (Å²) < 4.78 is 0.255. The van der Waals surface area contributed by atoms with Gasteiger partial charge in [0.2, 0.25) is 0 Å². The summed E-state index contributed by atoms with van der Waals surface area (Å²) in [4.78, 5) is 40.3. The first-order chi connectivity index (χ1) is 14.4. The van der Waals surface area contributed by atoms with Crippen molar-refractivity contribution < 1.29 is 19.5 Å². The molecule has 1 N–H and O–H groups in total. The number of benzene rings is 2. The zero-order valence-corrected chi connectivity index (χ0v) is 17.9. The second-order valence-electron chi connectivity index (χ2n) is 6.71. The molecular formula is C21H15ClN2O4S2. The third kappa shape index (κ3) is 3.74. The molecular weight excluding hydrogens is 444 g/mol. The molecule has 0 aliphatic carbocycles. The van der Waals surface area contributed by atoms with Gasteiger partial charge in [0, 0.05) is 17.1 Å². The lowest BCUT2D eigenvalue weighted by Gasteiger charge is -2.17. The van der Waals surface area contributed by atoms with Gasteiger partial charge in [0.15, 0.2) is 0 Å². The summed E-state index contributed by atoms with van der Waals surface area (Å²) in [6.45, 7) is 0.303. The van der Waals surface area contributed by atoms with Crippen LogP contribution in [0.3, 0.4) is 0 Å². The number of para-hydroxylation sites is 1. The van der Waals surface area contributed by atoms with Crippen molar-refractivity contribution in [3.05, 3.63) is 69.6 Å². The maximum absolute atomic E-state index is 13.4. The molecule has 2 aromatic carbocycles. The van der Waals surface area contributed by atoms with Gasteiger partial charge in [-0.05, 0) is 23.8 Å². The molecule has 2 amide bonds. The molecule has 0 radical (unpaired) electrons. The van der Waals surface area contributed by atoms with E-state index in [2.05, 4.69) is 0 Å². The Kier molecular flexibility index (Phi) is 5.64. The lowest BCUT2D eigenvalue weighted by atomic mass is 10.1.